The van der Waals surface area contributed by atoms with Gasteiger partial charge in [0, 0.05) is 17.7 Å². The van der Waals surface area contributed by atoms with E-state index in [1.165, 1.54) is 0 Å². The van der Waals surface area contributed by atoms with Crippen molar-refractivity contribution in [2.24, 2.45) is 0 Å². The minimum Gasteiger partial charge on any atom is -0.469 e. The van der Waals surface area contributed by atoms with E-state index >= 15 is 0 Å². The Morgan fingerprint density at radius 2 is 2.10 bits per heavy atom. The van der Waals surface area contributed by atoms with Crippen molar-refractivity contribution >= 4 is 11.7 Å². The number of furan rings is 1. The highest BCUT2D eigenvalue weighted by Crippen LogP contribution is 2.35. The number of nitrogens with one attached hydrogen (secondary N) is 2. The van der Waals surface area contributed by atoms with Crippen molar-refractivity contribution in [2.45, 2.75) is 24.9 Å². The number of carbonyl (C=O) groups excluding carboxylic acids is 1. The standard InChI is InChI=1S/C16H18N2O3/c19-15(18-12-5-2-1-3-6-12)17-11-16(20)9-4-7-14-13(16)8-10-21-14/h1-3,5-6,8,10,20H,4,7,9,11H2,(H2,17,18,19). The molecule has 0 aliphatic heterocycles. The fourth-order valence-electron chi connectivity index (χ4n) is 2.73. The first kappa shape index (κ1) is 13.7. The molecular weight excluding hydrogens is 268 g/mol. The molecule has 0 saturated carbocycles. The molecule has 0 radical (unpaired) electrons. The molecule has 1 heterocycles. The number of amides is 2. The zero-order valence-corrected chi connectivity index (χ0v) is 11.6. The highest BCUT2D eigenvalue weighted by molar-refractivity contribution is 5.89. The van der Waals surface area contributed by atoms with E-state index in [-0.39, 0.29) is 12.6 Å². The number of fused-ring (bicyclic) bond motifs is 1. The van der Waals surface area contributed by atoms with Crippen LogP contribution >= 0.6 is 0 Å². The number of carbonyl (C=O) groups is 1. The van der Waals surface area contributed by atoms with Crippen LogP contribution in [-0.4, -0.2) is 17.7 Å². The molecule has 21 heavy (non-hydrogen) atoms. The largest absolute Gasteiger partial charge is 0.469 e. The number of rotatable bonds is 3. The van der Waals surface area contributed by atoms with Crippen LogP contribution in [-0.2, 0) is 12.0 Å². The lowest BCUT2D eigenvalue weighted by atomic mass is 9.83. The molecular formula is C16H18N2O3. The van der Waals surface area contributed by atoms with E-state index in [2.05, 4.69) is 10.6 Å². The molecule has 3 rings (SSSR count). The first-order chi connectivity index (χ1) is 10.2. The number of anilines is 1. The molecule has 2 amide bonds. The highest BCUT2D eigenvalue weighted by Gasteiger charge is 2.36. The van der Waals surface area contributed by atoms with Gasteiger partial charge in [-0.05, 0) is 31.0 Å². The van der Waals surface area contributed by atoms with Crippen molar-refractivity contribution in [1.82, 2.24) is 5.32 Å². The predicted molar refractivity (Wildman–Crippen MR) is 79.0 cm³/mol. The average molecular weight is 286 g/mol. The Morgan fingerprint density at radius 1 is 1.29 bits per heavy atom. The topological polar surface area (TPSA) is 74.5 Å². The summed E-state index contributed by atoms with van der Waals surface area (Å²) in [7, 11) is 0. The highest BCUT2D eigenvalue weighted by atomic mass is 16.3. The fraction of sp³-hybridized carbons (Fsp3) is 0.312. The summed E-state index contributed by atoms with van der Waals surface area (Å²) < 4.78 is 5.37. The van der Waals surface area contributed by atoms with Gasteiger partial charge in [-0.15, -0.1) is 0 Å². The molecule has 1 aliphatic carbocycles. The van der Waals surface area contributed by atoms with Crippen molar-refractivity contribution in [1.29, 1.82) is 0 Å². The van der Waals surface area contributed by atoms with Crippen molar-refractivity contribution in [3.8, 4) is 0 Å². The van der Waals surface area contributed by atoms with Gasteiger partial charge >= 0.3 is 6.03 Å². The van der Waals surface area contributed by atoms with Gasteiger partial charge in [0.1, 0.15) is 11.4 Å². The van der Waals surface area contributed by atoms with Crippen LogP contribution in [0.15, 0.2) is 47.1 Å². The molecule has 1 unspecified atom stereocenters. The first-order valence-corrected chi connectivity index (χ1v) is 7.06. The van der Waals surface area contributed by atoms with Crippen molar-refractivity contribution < 1.29 is 14.3 Å². The first-order valence-electron chi connectivity index (χ1n) is 7.06. The Morgan fingerprint density at radius 3 is 2.90 bits per heavy atom. The zero-order chi connectivity index (χ0) is 14.7. The van der Waals surface area contributed by atoms with Gasteiger partial charge in [-0.3, -0.25) is 0 Å². The molecule has 5 heteroatoms. The Hall–Kier alpha value is -2.27. The second kappa shape index (κ2) is 5.61. The number of aliphatic hydroxyl groups is 1. The van der Waals surface area contributed by atoms with Crippen molar-refractivity contribution in [3.05, 3.63) is 54.0 Å². The Kier molecular flexibility index (Phi) is 3.66. The molecule has 0 spiro atoms. The van der Waals surface area contributed by atoms with Crippen LogP contribution in [0.25, 0.3) is 0 Å². The number of aryl methyl sites for hydroxylation is 1. The minimum atomic E-state index is -1.05. The Balaban J connectivity index is 1.62. The SMILES string of the molecule is O=C(NCC1(O)CCCc2occc21)Nc1ccccc1. The number of urea groups is 1. The molecule has 0 bridgehead atoms. The minimum absolute atomic E-state index is 0.165. The van der Waals surface area contributed by atoms with E-state index in [4.69, 9.17) is 4.42 Å². The van der Waals surface area contributed by atoms with Gasteiger partial charge < -0.3 is 20.2 Å². The van der Waals surface area contributed by atoms with Gasteiger partial charge in [-0.2, -0.15) is 0 Å². The maximum atomic E-state index is 11.9. The number of hydrogen-bond acceptors (Lipinski definition) is 3. The molecule has 1 atom stereocenters. The van der Waals surface area contributed by atoms with Crippen LogP contribution in [0.2, 0.25) is 0 Å². The van der Waals surface area contributed by atoms with E-state index in [0.717, 1.165) is 29.9 Å². The third-order valence-electron chi connectivity index (χ3n) is 3.81. The van der Waals surface area contributed by atoms with Crippen molar-refractivity contribution in [3.63, 3.8) is 0 Å². The third kappa shape index (κ3) is 2.92. The summed E-state index contributed by atoms with van der Waals surface area (Å²) in [6.07, 6.45) is 3.88. The summed E-state index contributed by atoms with van der Waals surface area (Å²) in [5, 5.41) is 16.2. The van der Waals surface area contributed by atoms with E-state index in [1.54, 1.807) is 12.3 Å². The van der Waals surface area contributed by atoms with E-state index in [0.29, 0.717) is 6.42 Å². The van der Waals surface area contributed by atoms with Crippen LogP contribution in [0, 0.1) is 0 Å². The van der Waals surface area contributed by atoms with E-state index in [9.17, 15) is 9.90 Å². The lowest BCUT2D eigenvalue weighted by Crippen LogP contribution is -2.43. The zero-order valence-electron chi connectivity index (χ0n) is 11.6. The van der Waals surface area contributed by atoms with E-state index < -0.39 is 5.60 Å². The molecule has 2 aromatic rings. The number of hydrogen-bond donors (Lipinski definition) is 3. The monoisotopic (exact) mass is 286 g/mol. The van der Waals surface area contributed by atoms with Gasteiger partial charge in [0.2, 0.25) is 0 Å². The average Bonchev–Trinajstić information content (AvgIpc) is 2.97. The number of para-hydroxylation sites is 1. The number of benzene rings is 1. The van der Waals surface area contributed by atoms with Gasteiger partial charge in [0.05, 0.1) is 12.8 Å². The second-order valence-electron chi connectivity index (χ2n) is 5.32. The van der Waals surface area contributed by atoms with Gasteiger partial charge in [0.15, 0.2) is 0 Å². The van der Waals surface area contributed by atoms with Crippen LogP contribution in [0.4, 0.5) is 10.5 Å². The molecule has 3 N–H and O–H groups in total. The second-order valence-corrected chi connectivity index (χ2v) is 5.32. The third-order valence-corrected chi connectivity index (χ3v) is 3.81. The van der Waals surface area contributed by atoms with Crippen LogP contribution < -0.4 is 10.6 Å². The van der Waals surface area contributed by atoms with Crippen LogP contribution in [0.1, 0.15) is 24.2 Å². The van der Waals surface area contributed by atoms with Gasteiger partial charge in [-0.25, -0.2) is 4.79 Å². The molecule has 1 aliphatic rings. The maximum Gasteiger partial charge on any atom is 0.319 e. The summed E-state index contributed by atoms with van der Waals surface area (Å²) in [5.41, 5.74) is 0.456. The summed E-state index contributed by atoms with van der Waals surface area (Å²) in [4.78, 5) is 11.9. The summed E-state index contributed by atoms with van der Waals surface area (Å²) in [6, 6.07) is 10.7. The molecule has 5 nitrogen and oxygen atoms in total. The summed E-state index contributed by atoms with van der Waals surface area (Å²) in [6.45, 7) is 0.165. The van der Waals surface area contributed by atoms with E-state index in [1.807, 2.05) is 30.3 Å². The van der Waals surface area contributed by atoms with Crippen LogP contribution in [0.3, 0.4) is 0 Å². The van der Waals surface area contributed by atoms with Gasteiger partial charge in [-0.1, -0.05) is 18.2 Å². The molecule has 0 fully saturated rings. The fourth-order valence-corrected chi connectivity index (χ4v) is 2.73. The molecule has 110 valence electrons. The maximum absolute atomic E-state index is 11.9. The summed E-state index contributed by atoms with van der Waals surface area (Å²) >= 11 is 0. The summed E-state index contributed by atoms with van der Waals surface area (Å²) in [5.74, 6) is 0.814. The van der Waals surface area contributed by atoms with Crippen molar-refractivity contribution in [2.75, 3.05) is 11.9 Å². The normalized spacial score (nSPS) is 20.6. The molecule has 1 aromatic heterocycles. The molecule has 1 aromatic carbocycles. The van der Waals surface area contributed by atoms with Gasteiger partial charge in [0.25, 0.3) is 0 Å². The quantitative estimate of drug-likeness (QED) is 0.812. The Bertz CT molecular complexity index is 623. The Labute approximate surface area is 123 Å². The smallest absolute Gasteiger partial charge is 0.319 e. The lowest BCUT2D eigenvalue weighted by molar-refractivity contribution is 0.0199. The van der Waals surface area contributed by atoms with Crippen LogP contribution in [0.5, 0.6) is 0 Å². The predicted octanol–water partition coefficient (Wildman–Crippen LogP) is 2.63. The molecule has 0 saturated heterocycles. The lowest BCUT2D eigenvalue weighted by Gasteiger charge is -2.31.